The molecule has 2 aromatic carbocycles. The number of aryl methyl sites for hydroxylation is 2. The summed E-state index contributed by atoms with van der Waals surface area (Å²) in [7, 11) is 2.10. The van der Waals surface area contributed by atoms with Gasteiger partial charge in [-0.25, -0.2) is 0 Å². The van der Waals surface area contributed by atoms with Gasteiger partial charge >= 0.3 is 0 Å². The smallest absolute Gasteiger partial charge is 0.0491 e. The normalized spacial score (nSPS) is 11.1. The van der Waals surface area contributed by atoms with Crippen molar-refractivity contribution in [1.29, 1.82) is 0 Å². The molecule has 0 aliphatic carbocycles. The van der Waals surface area contributed by atoms with Crippen LogP contribution in [0.25, 0.3) is 22.2 Å². The summed E-state index contributed by atoms with van der Waals surface area (Å²) >= 11 is 6.05. The zero-order chi connectivity index (χ0) is 12.7. The van der Waals surface area contributed by atoms with Crippen molar-refractivity contribution >= 4 is 22.5 Å². The number of fused-ring (bicyclic) bond motifs is 1. The molecule has 0 unspecified atom stereocenters. The molecule has 3 rings (SSSR count). The van der Waals surface area contributed by atoms with Gasteiger partial charge in [0.15, 0.2) is 0 Å². The summed E-state index contributed by atoms with van der Waals surface area (Å²) in [5.41, 5.74) is 4.99. The van der Waals surface area contributed by atoms with Crippen LogP contribution in [0.4, 0.5) is 0 Å². The fraction of sp³-hybridized carbons (Fsp3) is 0.125. The van der Waals surface area contributed by atoms with Crippen molar-refractivity contribution in [3.05, 3.63) is 59.1 Å². The van der Waals surface area contributed by atoms with Crippen LogP contribution in [0.5, 0.6) is 0 Å². The standard InChI is InChI=1S/C16H14ClN/c1-11-5-3-4-6-14(11)16-10-12-9-13(17)7-8-15(12)18(16)2/h3-10H,1-2H3. The van der Waals surface area contributed by atoms with E-state index in [4.69, 9.17) is 11.6 Å². The van der Waals surface area contributed by atoms with Crippen LogP contribution in [-0.4, -0.2) is 4.57 Å². The minimum atomic E-state index is 0.782. The van der Waals surface area contributed by atoms with Gasteiger partial charge in [0.05, 0.1) is 0 Å². The summed E-state index contributed by atoms with van der Waals surface area (Å²) in [6.45, 7) is 2.14. The molecule has 1 heterocycles. The van der Waals surface area contributed by atoms with Crippen LogP contribution in [0.1, 0.15) is 5.56 Å². The Balaban J connectivity index is 2.31. The van der Waals surface area contributed by atoms with E-state index in [0.29, 0.717) is 0 Å². The highest BCUT2D eigenvalue weighted by molar-refractivity contribution is 6.31. The summed E-state index contributed by atoms with van der Waals surface area (Å²) < 4.78 is 2.22. The van der Waals surface area contributed by atoms with Crippen LogP contribution in [0.2, 0.25) is 5.02 Å². The van der Waals surface area contributed by atoms with Gasteiger partial charge in [0.1, 0.15) is 0 Å². The predicted octanol–water partition coefficient (Wildman–Crippen LogP) is 4.81. The van der Waals surface area contributed by atoms with Crippen molar-refractivity contribution in [3.63, 3.8) is 0 Å². The van der Waals surface area contributed by atoms with E-state index in [1.165, 1.54) is 27.7 Å². The molecule has 0 N–H and O–H groups in total. The number of benzene rings is 2. The Hall–Kier alpha value is -1.73. The van der Waals surface area contributed by atoms with E-state index in [0.717, 1.165) is 5.02 Å². The number of hydrogen-bond donors (Lipinski definition) is 0. The van der Waals surface area contributed by atoms with Gasteiger partial charge in [-0.2, -0.15) is 0 Å². The Morgan fingerprint density at radius 1 is 1.00 bits per heavy atom. The highest BCUT2D eigenvalue weighted by atomic mass is 35.5. The zero-order valence-corrected chi connectivity index (χ0v) is 11.2. The third-order valence-electron chi connectivity index (χ3n) is 3.43. The number of aromatic nitrogens is 1. The lowest BCUT2D eigenvalue weighted by atomic mass is 10.1. The van der Waals surface area contributed by atoms with Crippen LogP contribution in [-0.2, 0) is 7.05 Å². The van der Waals surface area contributed by atoms with Gasteiger partial charge in [0.2, 0.25) is 0 Å². The van der Waals surface area contributed by atoms with Gasteiger partial charge in [0.25, 0.3) is 0 Å². The van der Waals surface area contributed by atoms with Crippen LogP contribution < -0.4 is 0 Å². The Kier molecular flexibility index (Phi) is 2.64. The molecule has 0 spiro atoms. The Bertz CT molecular complexity index is 725. The molecule has 0 aliphatic rings. The third kappa shape index (κ3) is 1.72. The lowest BCUT2D eigenvalue weighted by Gasteiger charge is -2.07. The van der Waals surface area contributed by atoms with Crippen LogP contribution in [0.3, 0.4) is 0 Å². The largest absolute Gasteiger partial charge is 0.344 e. The van der Waals surface area contributed by atoms with Crippen molar-refractivity contribution in [2.24, 2.45) is 7.05 Å². The van der Waals surface area contributed by atoms with E-state index in [2.05, 4.69) is 54.9 Å². The lowest BCUT2D eigenvalue weighted by molar-refractivity contribution is 0.976. The first-order valence-corrected chi connectivity index (χ1v) is 6.35. The average molecular weight is 256 g/mol. The predicted molar refractivity (Wildman–Crippen MR) is 78.1 cm³/mol. The highest BCUT2D eigenvalue weighted by Crippen LogP contribution is 2.30. The van der Waals surface area contributed by atoms with E-state index in [-0.39, 0.29) is 0 Å². The van der Waals surface area contributed by atoms with E-state index in [1.54, 1.807) is 0 Å². The average Bonchev–Trinajstić information content (AvgIpc) is 2.67. The maximum absolute atomic E-state index is 6.05. The van der Waals surface area contributed by atoms with E-state index < -0.39 is 0 Å². The summed E-state index contributed by atoms with van der Waals surface area (Å²) in [4.78, 5) is 0. The van der Waals surface area contributed by atoms with Crippen molar-refractivity contribution < 1.29 is 0 Å². The van der Waals surface area contributed by atoms with Gasteiger partial charge in [-0.3, -0.25) is 0 Å². The minimum Gasteiger partial charge on any atom is -0.344 e. The molecule has 18 heavy (non-hydrogen) atoms. The molecule has 0 bridgehead atoms. The van der Waals surface area contributed by atoms with Gasteiger partial charge < -0.3 is 4.57 Å². The number of nitrogens with zero attached hydrogens (tertiary/aromatic N) is 1. The Labute approximate surface area is 112 Å². The molecule has 0 saturated heterocycles. The summed E-state index contributed by atoms with van der Waals surface area (Å²) in [6, 6.07) is 16.7. The van der Waals surface area contributed by atoms with Crippen molar-refractivity contribution in [2.75, 3.05) is 0 Å². The molecular formula is C16H14ClN. The molecule has 3 aromatic rings. The molecule has 0 atom stereocenters. The van der Waals surface area contributed by atoms with Gasteiger partial charge in [-0.05, 0) is 36.8 Å². The quantitative estimate of drug-likeness (QED) is 0.588. The lowest BCUT2D eigenvalue weighted by Crippen LogP contribution is -1.92. The van der Waals surface area contributed by atoms with Crippen LogP contribution in [0.15, 0.2) is 48.5 Å². The molecular weight excluding hydrogens is 242 g/mol. The topological polar surface area (TPSA) is 4.93 Å². The molecule has 0 radical (unpaired) electrons. The molecule has 1 aromatic heterocycles. The molecule has 1 nitrogen and oxygen atoms in total. The van der Waals surface area contributed by atoms with E-state index >= 15 is 0 Å². The maximum atomic E-state index is 6.05. The zero-order valence-electron chi connectivity index (χ0n) is 10.4. The number of rotatable bonds is 1. The fourth-order valence-corrected chi connectivity index (χ4v) is 2.62. The molecule has 90 valence electrons. The first kappa shape index (κ1) is 11.4. The summed E-state index contributed by atoms with van der Waals surface area (Å²) in [6.07, 6.45) is 0. The van der Waals surface area contributed by atoms with Gasteiger partial charge in [-0.15, -0.1) is 0 Å². The molecule has 2 heteroatoms. The summed E-state index contributed by atoms with van der Waals surface area (Å²) in [5, 5.41) is 1.97. The fourth-order valence-electron chi connectivity index (χ4n) is 2.44. The molecule has 0 saturated carbocycles. The first-order chi connectivity index (χ1) is 8.66. The van der Waals surface area contributed by atoms with Gasteiger partial charge in [0, 0.05) is 34.2 Å². The highest BCUT2D eigenvalue weighted by Gasteiger charge is 2.09. The SMILES string of the molecule is Cc1ccccc1-c1cc2cc(Cl)ccc2n1C. The second kappa shape index (κ2) is 4.18. The van der Waals surface area contributed by atoms with E-state index in [1.807, 2.05) is 12.1 Å². The summed E-state index contributed by atoms with van der Waals surface area (Å²) in [5.74, 6) is 0. The number of halogens is 1. The van der Waals surface area contributed by atoms with Crippen LogP contribution >= 0.6 is 11.6 Å². The monoisotopic (exact) mass is 255 g/mol. The first-order valence-electron chi connectivity index (χ1n) is 5.98. The third-order valence-corrected chi connectivity index (χ3v) is 3.66. The molecule has 0 fully saturated rings. The molecule has 0 aliphatic heterocycles. The second-order valence-corrected chi connectivity index (χ2v) is 5.04. The van der Waals surface area contributed by atoms with Gasteiger partial charge in [-0.1, -0.05) is 35.9 Å². The van der Waals surface area contributed by atoms with Crippen LogP contribution in [0, 0.1) is 6.92 Å². The maximum Gasteiger partial charge on any atom is 0.0491 e. The minimum absolute atomic E-state index is 0.782. The van der Waals surface area contributed by atoms with Crippen molar-refractivity contribution in [2.45, 2.75) is 6.92 Å². The Morgan fingerprint density at radius 3 is 2.56 bits per heavy atom. The number of hydrogen-bond acceptors (Lipinski definition) is 0. The van der Waals surface area contributed by atoms with Crippen molar-refractivity contribution in [1.82, 2.24) is 4.57 Å². The van der Waals surface area contributed by atoms with Crippen molar-refractivity contribution in [3.8, 4) is 11.3 Å². The molecule has 0 amide bonds. The Morgan fingerprint density at radius 2 is 1.78 bits per heavy atom. The second-order valence-electron chi connectivity index (χ2n) is 4.61. The van der Waals surface area contributed by atoms with E-state index in [9.17, 15) is 0 Å².